The number of aromatic nitrogens is 2. The van der Waals surface area contributed by atoms with Crippen LogP contribution in [0.25, 0.3) is 11.0 Å². The zero-order valence-corrected chi connectivity index (χ0v) is 12.7. The molecule has 0 radical (unpaired) electrons. The summed E-state index contributed by atoms with van der Waals surface area (Å²) in [4.78, 5) is 4.66. The van der Waals surface area contributed by atoms with Crippen molar-refractivity contribution in [3.05, 3.63) is 24.0 Å². The molecule has 0 amide bonds. The Balaban J connectivity index is 2.65. The Hall–Kier alpha value is -1.22. The molecule has 3 nitrogen and oxygen atoms in total. The highest BCUT2D eigenvalue weighted by Crippen LogP contribution is 2.31. The first kappa shape index (κ1) is 14.2. The number of fused-ring (bicyclic) bond motifs is 1. The van der Waals surface area contributed by atoms with E-state index >= 15 is 0 Å². The van der Waals surface area contributed by atoms with Gasteiger partial charge in [0.05, 0.1) is 18.0 Å². The molecule has 0 spiro atoms. The van der Waals surface area contributed by atoms with E-state index in [0.717, 1.165) is 22.6 Å². The maximum absolute atomic E-state index is 6.06. The molecule has 4 heteroatoms. The second-order valence-corrected chi connectivity index (χ2v) is 5.34. The monoisotopic (exact) mass is 280 g/mol. The SMILES string of the molecule is CCOc1cccc2c1nc(CCl)n2C(C)C(C)C. The summed E-state index contributed by atoms with van der Waals surface area (Å²) in [5.41, 5.74) is 2.01. The van der Waals surface area contributed by atoms with Gasteiger partial charge in [-0.3, -0.25) is 0 Å². The molecule has 1 aromatic carbocycles. The van der Waals surface area contributed by atoms with E-state index in [-0.39, 0.29) is 0 Å². The second kappa shape index (κ2) is 5.83. The molecule has 0 N–H and O–H groups in total. The third-order valence-corrected chi connectivity index (χ3v) is 3.79. The molecule has 2 rings (SSSR count). The lowest BCUT2D eigenvalue weighted by Crippen LogP contribution is -2.13. The Labute approximate surface area is 119 Å². The third-order valence-electron chi connectivity index (χ3n) is 3.55. The number of imidazole rings is 1. The van der Waals surface area contributed by atoms with E-state index in [0.29, 0.717) is 24.4 Å². The molecule has 1 heterocycles. The minimum atomic E-state index is 0.357. The maximum Gasteiger partial charge on any atom is 0.147 e. The van der Waals surface area contributed by atoms with Crippen molar-refractivity contribution in [1.29, 1.82) is 0 Å². The first-order valence-corrected chi connectivity index (χ1v) is 7.32. The molecular weight excluding hydrogens is 260 g/mol. The Kier molecular flexibility index (Phi) is 4.35. The molecule has 104 valence electrons. The van der Waals surface area contributed by atoms with E-state index in [4.69, 9.17) is 16.3 Å². The van der Waals surface area contributed by atoms with Crippen LogP contribution in [-0.2, 0) is 5.88 Å². The van der Waals surface area contributed by atoms with Gasteiger partial charge in [-0.1, -0.05) is 19.9 Å². The summed E-state index contributed by atoms with van der Waals surface area (Å²) in [6, 6.07) is 6.41. The molecule has 0 aliphatic rings. The van der Waals surface area contributed by atoms with Gasteiger partial charge in [-0.15, -0.1) is 11.6 Å². The van der Waals surface area contributed by atoms with Gasteiger partial charge in [-0.25, -0.2) is 4.98 Å². The van der Waals surface area contributed by atoms with E-state index in [1.54, 1.807) is 0 Å². The number of alkyl halides is 1. The number of hydrogen-bond donors (Lipinski definition) is 0. The van der Waals surface area contributed by atoms with Crippen LogP contribution in [0.3, 0.4) is 0 Å². The fraction of sp³-hybridized carbons (Fsp3) is 0.533. The van der Waals surface area contributed by atoms with Crippen LogP contribution in [0.2, 0.25) is 0 Å². The molecule has 0 saturated heterocycles. The molecular formula is C15H21ClN2O. The quantitative estimate of drug-likeness (QED) is 0.760. The van der Waals surface area contributed by atoms with Crippen molar-refractivity contribution in [2.45, 2.75) is 39.6 Å². The highest BCUT2D eigenvalue weighted by atomic mass is 35.5. The Morgan fingerprint density at radius 1 is 1.32 bits per heavy atom. The lowest BCUT2D eigenvalue weighted by molar-refractivity contribution is 0.343. The van der Waals surface area contributed by atoms with E-state index in [1.165, 1.54) is 0 Å². The van der Waals surface area contributed by atoms with Crippen LogP contribution in [0.1, 0.15) is 39.6 Å². The summed E-state index contributed by atoms with van der Waals surface area (Å²) in [6.07, 6.45) is 0. The van der Waals surface area contributed by atoms with E-state index in [9.17, 15) is 0 Å². The second-order valence-electron chi connectivity index (χ2n) is 5.07. The fourth-order valence-electron chi connectivity index (χ4n) is 2.26. The van der Waals surface area contributed by atoms with Crippen molar-refractivity contribution < 1.29 is 4.74 Å². The topological polar surface area (TPSA) is 27.1 Å². The van der Waals surface area contributed by atoms with E-state index in [2.05, 4.69) is 36.4 Å². The van der Waals surface area contributed by atoms with E-state index < -0.39 is 0 Å². The minimum Gasteiger partial charge on any atom is -0.492 e. The highest BCUT2D eigenvalue weighted by molar-refractivity contribution is 6.16. The largest absolute Gasteiger partial charge is 0.492 e. The highest BCUT2D eigenvalue weighted by Gasteiger charge is 2.19. The average Bonchev–Trinajstić information content (AvgIpc) is 2.77. The van der Waals surface area contributed by atoms with Gasteiger partial charge in [0.15, 0.2) is 0 Å². The summed E-state index contributed by atoms with van der Waals surface area (Å²) >= 11 is 6.06. The number of ether oxygens (including phenoxy) is 1. The Bertz CT molecular complexity index is 563. The van der Waals surface area contributed by atoms with Crippen LogP contribution >= 0.6 is 11.6 Å². The average molecular weight is 281 g/mol. The molecule has 1 atom stereocenters. The molecule has 19 heavy (non-hydrogen) atoms. The first-order valence-electron chi connectivity index (χ1n) is 6.78. The van der Waals surface area contributed by atoms with Crippen molar-refractivity contribution in [1.82, 2.24) is 9.55 Å². The van der Waals surface area contributed by atoms with Gasteiger partial charge in [0.1, 0.15) is 17.1 Å². The molecule has 0 aliphatic heterocycles. The summed E-state index contributed by atoms with van der Waals surface area (Å²) in [5.74, 6) is 2.68. The molecule has 0 fully saturated rings. The van der Waals surface area contributed by atoms with Gasteiger partial charge < -0.3 is 9.30 Å². The Morgan fingerprint density at radius 3 is 2.63 bits per heavy atom. The maximum atomic E-state index is 6.06. The predicted molar refractivity (Wildman–Crippen MR) is 80.0 cm³/mol. The molecule has 1 aromatic heterocycles. The number of halogens is 1. The van der Waals surface area contributed by atoms with Gasteiger partial charge in [0, 0.05) is 6.04 Å². The van der Waals surface area contributed by atoms with Crippen LogP contribution in [-0.4, -0.2) is 16.2 Å². The molecule has 0 aliphatic carbocycles. The van der Waals surface area contributed by atoms with E-state index in [1.807, 2.05) is 19.1 Å². The third kappa shape index (κ3) is 2.57. The number of hydrogen-bond acceptors (Lipinski definition) is 2. The number of nitrogens with zero attached hydrogens (tertiary/aromatic N) is 2. The summed E-state index contributed by atoms with van der Waals surface area (Å²) in [6.45, 7) is 9.24. The van der Waals surface area contributed by atoms with Gasteiger partial charge in [0.25, 0.3) is 0 Å². The number of rotatable bonds is 5. The van der Waals surface area contributed by atoms with Crippen LogP contribution < -0.4 is 4.74 Å². The summed E-state index contributed by atoms with van der Waals surface area (Å²) in [5, 5.41) is 0. The Morgan fingerprint density at radius 2 is 2.05 bits per heavy atom. The molecule has 1 unspecified atom stereocenters. The van der Waals surface area contributed by atoms with Gasteiger partial charge in [-0.2, -0.15) is 0 Å². The predicted octanol–water partition coefficient (Wildman–Crippen LogP) is 4.39. The van der Waals surface area contributed by atoms with Crippen LogP contribution in [0.15, 0.2) is 18.2 Å². The summed E-state index contributed by atoms with van der Waals surface area (Å²) < 4.78 is 7.88. The van der Waals surface area contributed by atoms with Crippen molar-refractivity contribution in [2.24, 2.45) is 5.92 Å². The smallest absolute Gasteiger partial charge is 0.147 e. The van der Waals surface area contributed by atoms with Crippen molar-refractivity contribution in [2.75, 3.05) is 6.61 Å². The van der Waals surface area contributed by atoms with Crippen molar-refractivity contribution in [3.8, 4) is 5.75 Å². The van der Waals surface area contributed by atoms with Crippen LogP contribution in [0, 0.1) is 5.92 Å². The van der Waals surface area contributed by atoms with Gasteiger partial charge in [0.2, 0.25) is 0 Å². The zero-order valence-electron chi connectivity index (χ0n) is 12.0. The lowest BCUT2D eigenvalue weighted by atomic mass is 10.1. The number of para-hydroxylation sites is 1. The normalized spacial score (nSPS) is 13.2. The van der Waals surface area contributed by atoms with Gasteiger partial charge in [-0.05, 0) is 31.9 Å². The minimum absolute atomic E-state index is 0.357. The standard InChI is InChI=1S/C15H21ClN2O/c1-5-19-13-8-6-7-12-15(13)17-14(9-16)18(12)11(4)10(2)3/h6-8,10-11H,5,9H2,1-4H3. The molecule has 0 saturated carbocycles. The fourth-order valence-corrected chi connectivity index (χ4v) is 2.45. The lowest BCUT2D eigenvalue weighted by Gasteiger charge is -2.20. The van der Waals surface area contributed by atoms with Crippen molar-refractivity contribution in [3.63, 3.8) is 0 Å². The number of benzene rings is 1. The van der Waals surface area contributed by atoms with Crippen molar-refractivity contribution >= 4 is 22.6 Å². The zero-order chi connectivity index (χ0) is 14.0. The van der Waals surface area contributed by atoms with Crippen LogP contribution in [0.4, 0.5) is 0 Å². The van der Waals surface area contributed by atoms with Gasteiger partial charge >= 0.3 is 0 Å². The molecule has 0 bridgehead atoms. The van der Waals surface area contributed by atoms with Crippen LogP contribution in [0.5, 0.6) is 5.75 Å². The first-order chi connectivity index (χ1) is 9.10. The molecule has 2 aromatic rings. The summed E-state index contributed by atoms with van der Waals surface area (Å²) in [7, 11) is 0.